The molecule has 0 bridgehead atoms. The lowest BCUT2D eigenvalue weighted by Crippen LogP contribution is -2.10. The molecular formula is C11H14N4O2S. The number of anilines is 1. The van der Waals surface area contributed by atoms with Crippen LogP contribution in [0.1, 0.15) is 24.2 Å². The standard InChI is InChI=1S/C11H14N4O2S/c1-7(9-4-5-18-6-9)12-11-10(15(16)17)8(2)13-14(11)3/h4-7,12H,1-3H3. The van der Waals surface area contributed by atoms with Gasteiger partial charge in [0.05, 0.1) is 11.0 Å². The number of nitro groups is 1. The van der Waals surface area contributed by atoms with E-state index < -0.39 is 4.92 Å². The third kappa shape index (κ3) is 2.21. The van der Waals surface area contributed by atoms with Crippen LogP contribution in [-0.4, -0.2) is 14.7 Å². The van der Waals surface area contributed by atoms with E-state index in [1.54, 1.807) is 25.3 Å². The molecule has 2 rings (SSSR count). The van der Waals surface area contributed by atoms with E-state index >= 15 is 0 Å². The van der Waals surface area contributed by atoms with E-state index in [4.69, 9.17) is 0 Å². The molecule has 0 amide bonds. The SMILES string of the molecule is Cc1nn(C)c(NC(C)c2ccsc2)c1[N+](=O)[O-]. The molecule has 6 nitrogen and oxygen atoms in total. The molecule has 0 aliphatic heterocycles. The Bertz CT molecular complexity index is 562. The van der Waals surface area contributed by atoms with Gasteiger partial charge in [-0.05, 0) is 36.2 Å². The van der Waals surface area contributed by atoms with Gasteiger partial charge in [-0.25, -0.2) is 4.68 Å². The zero-order chi connectivity index (χ0) is 13.3. The molecule has 2 aromatic rings. The molecule has 1 unspecified atom stereocenters. The maximum atomic E-state index is 11.0. The van der Waals surface area contributed by atoms with Crippen molar-refractivity contribution >= 4 is 22.8 Å². The summed E-state index contributed by atoms with van der Waals surface area (Å²) in [5, 5.41) is 22.3. The van der Waals surface area contributed by atoms with Crippen molar-refractivity contribution in [3.05, 3.63) is 38.2 Å². The summed E-state index contributed by atoms with van der Waals surface area (Å²) in [5.41, 5.74) is 1.57. The van der Waals surface area contributed by atoms with Gasteiger partial charge in [-0.3, -0.25) is 10.1 Å². The Morgan fingerprint density at radius 1 is 1.61 bits per heavy atom. The quantitative estimate of drug-likeness (QED) is 0.682. The van der Waals surface area contributed by atoms with Crippen LogP contribution < -0.4 is 5.32 Å². The predicted octanol–water partition coefficient (Wildman–Crippen LogP) is 2.87. The first-order valence-electron chi connectivity index (χ1n) is 5.47. The highest BCUT2D eigenvalue weighted by Gasteiger charge is 2.25. The summed E-state index contributed by atoms with van der Waals surface area (Å²) in [5.74, 6) is 0.441. The fourth-order valence-electron chi connectivity index (χ4n) is 1.84. The second kappa shape index (κ2) is 4.77. The molecule has 18 heavy (non-hydrogen) atoms. The molecule has 0 saturated carbocycles. The average molecular weight is 266 g/mol. The number of nitrogens with zero attached hydrogens (tertiary/aromatic N) is 3. The van der Waals surface area contributed by atoms with Gasteiger partial charge in [0.1, 0.15) is 5.69 Å². The normalized spacial score (nSPS) is 12.4. The van der Waals surface area contributed by atoms with E-state index in [1.165, 1.54) is 4.68 Å². The molecule has 0 aliphatic carbocycles. The molecule has 7 heteroatoms. The summed E-state index contributed by atoms with van der Waals surface area (Å²) in [7, 11) is 1.70. The van der Waals surface area contributed by atoms with Crippen molar-refractivity contribution in [1.29, 1.82) is 0 Å². The number of rotatable bonds is 4. The Hall–Kier alpha value is -1.89. The fraction of sp³-hybridized carbons (Fsp3) is 0.364. The highest BCUT2D eigenvalue weighted by atomic mass is 32.1. The summed E-state index contributed by atoms with van der Waals surface area (Å²) in [4.78, 5) is 10.6. The van der Waals surface area contributed by atoms with Gasteiger partial charge < -0.3 is 5.32 Å². The zero-order valence-corrected chi connectivity index (χ0v) is 11.2. The molecular weight excluding hydrogens is 252 g/mol. The van der Waals surface area contributed by atoms with Gasteiger partial charge >= 0.3 is 5.69 Å². The molecule has 96 valence electrons. The first-order valence-corrected chi connectivity index (χ1v) is 6.41. The summed E-state index contributed by atoms with van der Waals surface area (Å²) in [6.07, 6.45) is 0. The molecule has 0 saturated heterocycles. The smallest absolute Gasteiger partial charge is 0.333 e. The van der Waals surface area contributed by atoms with E-state index in [1.807, 2.05) is 23.8 Å². The lowest BCUT2D eigenvalue weighted by atomic mass is 10.2. The molecule has 0 spiro atoms. The van der Waals surface area contributed by atoms with Crippen molar-refractivity contribution in [2.24, 2.45) is 7.05 Å². The van der Waals surface area contributed by atoms with E-state index in [0.29, 0.717) is 11.5 Å². The van der Waals surface area contributed by atoms with E-state index in [0.717, 1.165) is 5.56 Å². The van der Waals surface area contributed by atoms with Crippen molar-refractivity contribution < 1.29 is 4.92 Å². The van der Waals surface area contributed by atoms with Crippen molar-refractivity contribution in [3.8, 4) is 0 Å². The minimum atomic E-state index is -0.398. The summed E-state index contributed by atoms with van der Waals surface area (Å²) < 4.78 is 1.51. The highest BCUT2D eigenvalue weighted by molar-refractivity contribution is 7.07. The lowest BCUT2D eigenvalue weighted by molar-refractivity contribution is -0.384. The van der Waals surface area contributed by atoms with Crippen LogP contribution >= 0.6 is 11.3 Å². The Morgan fingerprint density at radius 3 is 2.89 bits per heavy atom. The Balaban J connectivity index is 2.31. The van der Waals surface area contributed by atoms with Crippen molar-refractivity contribution in [2.75, 3.05) is 5.32 Å². The van der Waals surface area contributed by atoms with Gasteiger partial charge in [0, 0.05) is 7.05 Å². The first-order chi connectivity index (χ1) is 8.50. The van der Waals surface area contributed by atoms with Crippen LogP contribution in [0, 0.1) is 17.0 Å². The zero-order valence-electron chi connectivity index (χ0n) is 10.4. The van der Waals surface area contributed by atoms with Crippen LogP contribution in [0.5, 0.6) is 0 Å². The van der Waals surface area contributed by atoms with Gasteiger partial charge in [0.2, 0.25) is 5.82 Å². The van der Waals surface area contributed by atoms with E-state index in [9.17, 15) is 10.1 Å². The van der Waals surface area contributed by atoms with Crippen LogP contribution in [0.25, 0.3) is 0 Å². The molecule has 1 N–H and O–H groups in total. The largest absolute Gasteiger partial charge is 0.358 e. The van der Waals surface area contributed by atoms with Crippen LogP contribution in [0.3, 0.4) is 0 Å². The molecule has 0 aliphatic rings. The van der Waals surface area contributed by atoms with Crippen molar-refractivity contribution in [2.45, 2.75) is 19.9 Å². The van der Waals surface area contributed by atoms with Crippen LogP contribution in [0.4, 0.5) is 11.5 Å². The van der Waals surface area contributed by atoms with E-state index in [2.05, 4.69) is 10.4 Å². The van der Waals surface area contributed by atoms with Crippen LogP contribution in [0.15, 0.2) is 16.8 Å². The lowest BCUT2D eigenvalue weighted by Gasteiger charge is -2.13. The topological polar surface area (TPSA) is 73.0 Å². The minimum Gasteiger partial charge on any atom is -0.358 e. The summed E-state index contributed by atoms with van der Waals surface area (Å²) >= 11 is 1.60. The highest BCUT2D eigenvalue weighted by Crippen LogP contribution is 2.30. The van der Waals surface area contributed by atoms with Gasteiger partial charge in [-0.1, -0.05) is 0 Å². The van der Waals surface area contributed by atoms with Crippen molar-refractivity contribution in [1.82, 2.24) is 9.78 Å². The van der Waals surface area contributed by atoms with E-state index in [-0.39, 0.29) is 11.7 Å². The van der Waals surface area contributed by atoms with Gasteiger partial charge in [-0.15, -0.1) is 0 Å². The minimum absolute atomic E-state index is 0.00440. The monoisotopic (exact) mass is 266 g/mol. The second-order valence-electron chi connectivity index (χ2n) is 4.09. The third-order valence-electron chi connectivity index (χ3n) is 2.77. The third-order valence-corrected chi connectivity index (χ3v) is 3.47. The number of nitrogens with one attached hydrogen (secondary N) is 1. The Morgan fingerprint density at radius 2 is 2.33 bits per heavy atom. The van der Waals surface area contributed by atoms with Gasteiger partial charge in [0.15, 0.2) is 0 Å². The fourth-order valence-corrected chi connectivity index (χ4v) is 2.59. The molecule has 1 atom stereocenters. The molecule has 0 fully saturated rings. The van der Waals surface area contributed by atoms with Gasteiger partial charge in [0.25, 0.3) is 0 Å². The first kappa shape index (κ1) is 12.6. The number of thiophene rings is 1. The van der Waals surface area contributed by atoms with Gasteiger partial charge in [-0.2, -0.15) is 16.4 Å². The van der Waals surface area contributed by atoms with Crippen LogP contribution in [0.2, 0.25) is 0 Å². The van der Waals surface area contributed by atoms with Crippen molar-refractivity contribution in [3.63, 3.8) is 0 Å². The molecule has 0 radical (unpaired) electrons. The maximum Gasteiger partial charge on any atom is 0.333 e. The second-order valence-corrected chi connectivity index (χ2v) is 4.87. The van der Waals surface area contributed by atoms with Crippen LogP contribution in [-0.2, 0) is 7.05 Å². The summed E-state index contributed by atoms with van der Waals surface area (Å²) in [6, 6.07) is 2.00. The Labute approximate surface area is 108 Å². The molecule has 0 aromatic carbocycles. The molecule has 2 aromatic heterocycles. The molecule has 2 heterocycles. The number of hydrogen-bond acceptors (Lipinski definition) is 5. The number of aromatic nitrogens is 2. The maximum absolute atomic E-state index is 11.0. The summed E-state index contributed by atoms with van der Waals surface area (Å²) in [6.45, 7) is 3.60. The number of aryl methyl sites for hydroxylation is 2. The average Bonchev–Trinajstić information content (AvgIpc) is 2.87. The predicted molar refractivity (Wildman–Crippen MR) is 71.0 cm³/mol. The number of hydrogen-bond donors (Lipinski definition) is 1. The Kier molecular flexibility index (Phi) is 3.33.